The number of likely N-dealkylation sites (N-methyl/N-ethyl adjacent to an activating group) is 3. The maximum atomic E-state index is 2.58. The van der Waals surface area contributed by atoms with E-state index in [2.05, 4.69) is 54.0 Å². The van der Waals surface area contributed by atoms with Crippen LogP contribution in [0.3, 0.4) is 0 Å². The van der Waals surface area contributed by atoms with Crippen LogP contribution in [-0.2, 0) is 0 Å². The number of unbranched alkanes of at least 4 members (excludes halogenated alkanes) is 18. The summed E-state index contributed by atoms with van der Waals surface area (Å²) in [6, 6.07) is 0. The summed E-state index contributed by atoms with van der Waals surface area (Å²) in [5, 5.41) is 0. The van der Waals surface area contributed by atoms with Crippen molar-refractivity contribution in [3.8, 4) is 0 Å². The first kappa shape index (κ1) is 35.9. The van der Waals surface area contributed by atoms with Crippen LogP contribution in [-0.4, -0.2) is 88.4 Å². The third-order valence-corrected chi connectivity index (χ3v) is 8.41. The summed E-state index contributed by atoms with van der Waals surface area (Å²) >= 11 is 0. The Labute approximate surface area is 230 Å². The van der Waals surface area contributed by atoms with Gasteiger partial charge in [0.25, 0.3) is 0 Å². The average Bonchev–Trinajstić information content (AvgIpc) is 2.84. The second-order valence-corrected chi connectivity index (χ2v) is 13.4. The molecule has 0 heterocycles. The first-order valence-electron chi connectivity index (χ1n) is 16.5. The maximum Gasteiger partial charge on any atom is 0.128 e. The highest BCUT2D eigenvalue weighted by molar-refractivity contribution is 4.54. The van der Waals surface area contributed by atoms with Crippen LogP contribution in [0.25, 0.3) is 0 Å². The molecule has 0 amide bonds. The molecule has 0 aromatic heterocycles. The van der Waals surface area contributed by atoms with Crippen molar-refractivity contribution in [2.45, 2.75) is 142 Å². The lowest BCUT2D eigenvalue weighted by molar-refractivity contribution is -0.945. The van der Waals surface area contributed by atoms with Crippen LogP contribution >= 0.6 is 0 Å². The van der Waals surface area contributed by atoms with Gasteiger partial charge in [0.05, 0.1) is 41.3 Å². The first-order valence-corrected chi connectivity index (χ1v) is 16.5. The fourth-order valence-electron chi connectivity index (χ4n) is 5.21. The Bertz CT molecular complexity index is 446. The maximum absolute atomic E-state index is 2.58. The van der Waals surface area contributed by atoms with Crippen LogP contribution in [0.2, 0.25) is 0 Å². The molecular weight excluding hydrogens is 438 g/mol. The Kier molecular flexibility index (Phi) is 23.9. The molecule has 0 aromatic carbocycles. The predicted molar refractivity (Wildman–Crippen MR) is 165 cm³/mol. The molecule has 0 rings (SSSR count). The zero-order chi connectivity index (χ0) is 27.0. The van der Waals surface area contributed by atoms with Gasteiger partial charge >= 0.3 is 0 Å². The molecule has 0 aliphatic rings. The van der Waals surface area contributed by atoms with Crippen molar-refractivity contribution in [3.05, 3.63) is 0 Å². The molecule has 0 spiro atoms. The molecule has 218 valence electrons. The van der Waals surface area contributed by atoms with Crippen LogP contribution in [0.5, 0.6) is 0 Å². The van der Waals surface area contributed by atoms with Gasteiger partial charge in [-0.05, 0) is 32.9 Å². The summed E-state index contributed by atoms with van der Waals surface area (Å²) in [5.41, 5.74) is 0. The minimum atomic E-state index is 1.15. The van der Waals surface area contributed by atoms with E-state index in [9.17, 15) is 0 Å². The van der Waals surface area contributed by atoms with Gasteiger partial charge in [0.15, 0.2) is 0 Å². The van der Waals surface area contributed by atoms with E-state index in [1.807, 2.05) is 0 Å². The number of quaternary nitrogens is 2. The summed E-state index contributed by atoms with van der Waals surface area (Å²) in [4.78, 5) is 2.58. The molecule has 0 saturated heterocycles. The van der Waals surface area contributed by atoms with Gasteiger partial charge in [0.1, 0.15) is 13.1 Å². The molecular formula is C33H73N3+2. The van der Waals surface area contributed by atoms with E-state index < -0.39 is 0 Å². The Morgan fingerprint density at radius 2 is 0.694 bits per heavy atom. The quantitative estimate of drug-likeness (QED) is 0.0748. The molecule has 36 heavy (non-hydrogen) atoms. The number of rotatable bonds is 28. The SMILES string of the molecule is CCCCCCCCCCCCN(C)CC[N+](C)(C)CC[N+](C)(C)CCCCCCCCCCCC. The van der Waals surface area contributed by atoms with Gasteiger partial charge in [-0.25, -0.2) is 0 Å². The number of hydrogen-bond donors (Lipinski definition) is 0. The van der Waals surface area contributed by atoms with E-state index >= 15 is 0 Å². The van der Waals surface area contributed by atoms with Crippen molar-refractivity contribution >= 4 is 0 Å². The molecule has 0 aliphatic heterocycles. The molecule has 0 atom stereocenters. The summed E-state index contributed by atoms with van der Waals surface area (Å²) < 4.78 is 2.34. The van der Waals surface area contributed by atoms with Crippen molar-refractivity contribution in [2.75, 3.05) is 74.5 Å². The molecule has 3 heteroatoms. The van der Waals surface area contributed by atoms with Crippen LogP contribution < -0.4 is 0 Å². The lowest BCUT2D eigenvalue weighted by Gasteiger charge is -2.36. The van der Waals surface area contributed by atoms with E-state index in [0.717, 1.165) is 4.48 Å². The second kappa shape index (κ2) is 24.0. The Hall–Kier alpha value is -0.120. The van der Waals surface area contributed by atoms with Crippen molar-refractivity contribution in [2.24, 2.45) is 0 Å². The normalized spacial score (nSPS) is 12.7. The standard InChI is InChI=1S/C33H73N3/c1-8-10-12-14-16-18-20-22-24-26-28-34(3)29-31-36(6,7)33-32-35(4,5)30-27-25-23-21-19-17-15-13-11-9-2/h8-33H2,1-7H3/q+2. The molecule has 0 saturated carbocycles. The van der Waals surface area contributed by atoms with E-state index in [1.165, 1.54) is 172 Å². The topological polar surface area (TPSA) is 3.24 Å². The smallest absolute Gasteiger partial charge is 0.128 e. The minimum Gasteiger partial charge on any atom is -0.324 e. The van der Waals surface area contributed by atoms with Crippen LogP contribution in [0, 0.1) is 0 Å². The highest BCUT2D eigenvalue weighted by Gasteiger charge is 2.22. The van der Waals surface area contributed by atoms with Crippen molar-refractivity contribution < 1.29 is 8.97 Å². The van der Waals surface area contributed by atoms with E-state index in [0.29, 0.717) is 0 Å². The van der Waals surface area contributed by atoms with Crippen molar-refractivity contribution in [1.29, 1.82) is 0 Å². The van der Waals surface area contributed by atoms with E-state index in [-0.39, 0.29) is 0 Å². The molecule has 0 aromatic rings. The highest BCUT2D eigenvalue weighted by atomic mass is 15.4. The van der Waals surface area contributed by atoms with Gasteiger partial charge in [0.2, 0.25) is 0 Å². The van der Waals surface area contributed by atoms with Crippen LogP contribution in [0.4, 0.5) is 0 Å². The first-order chi connectivity index (χ1) is 17.2. The zero-order valence-corrected chi connectivity index (χ0v) is 26.7. The molecule has 0 bridgehead atoms. The third-order valence-electron chi connectivity index (χ3n) is 8.41. The Morgan fingerprint density at radius 1 is 0.361 bits per heavy atom. The minimum absolute atomic E-state index is 1.15. The monoisotopic (exact) mass is 512 g/mol. The van der Waals surface area contributed by atoms with Gasteiger partial charge in [-0.1, -0.05) is 123 Å². The van der Waals surface area contributed by atoms with Gasteiger partial charge < -0.3 is 13.9 Å². The number of hydrogen-bond acceptors (Lipinski definition) is 1. The van der Waals surface area contributed by atoms with Crippen LogP contribution in [0.15, 0.2) is 0 Å². The molecule has 0 N–H and O–H groups in total. The highest BCUT2D eigenvalue weighted by Crippen LogP contribution is 2.13. The second-order valence-electron chi connectivity index (χ2n) is 13.4. The molecule has 0 aliphatic carbocycles. The van der Waals surface area contributed by atoms with E-state index in [4.69, 9.17) is 0 Å². The van der Waals surface area contributed by atoms with Gasteiger partial charge in [-0.15, -0.1) is 0 Å². The molecule has 3 nitrogen and oxygen atoms in total. The zero-order valence-electron chi connectivity index (χ0n) is 26.7. The lowest BCUT2D eigenvalue weighted by Crippen LogP contribution is -2.53. The lowest BCUT2D eigenvalue weighted by atomic mass is 10.1. The molecule has 0 radical (unpaired) electrons. The van der Waals surface area contributed by atoms with Crippen LogP contribution in [0.1, 0.15) is 142 Å². The Morgan fingerprint density at radius 3 is 1.11 bits per heavy atom. The van der Waals surface area contributed by atoms with Crippen molar-refractivity contribution in [1.82, 2.24) is 4.90 Å². The molecule has 0 fully saturated rings. The van der Waals surface area contributed by atoms with Gasteiger partial charge in [0, 0.05) is 6.54 Å². The summed E-state index contributed by atoms with van der Waals surface area (Å²) in [7, 11) is 12.1. The summed E-state index contributed by atoms with van der Waals surface area (Å²) in [6.07, 6.45) is 28.7. The Balaban J connectivity index is 3.72. The fraction of sp³-hybridized carbons (Fsp3) is 1.00. The van der Waals surface area contributed by atoms with Gasteiger partial charge in [-0.2, -0.15) is 0 Å². The third kappa shape index (κ3) is 25.5. The van der Waals surface area contributed by atoms with Crippen molar-refractivity contribution in [3.63, 3.8) is 0 Å². The largest absolute Gasteiger partial charge is 0.324 e. The predicted octanol–water partition coefficient (Wildman–Crippen LogP) is 8.91. The fourth-order valence-corrected chi connectivity index (χ4v) is 5.21. The van der Waals surface area contributed by atoms with Gasteiger partial charge in [-0.3, -0.25) is 0 Å². The molecule has 0 unspecified atom stereocenters. The summed E-state index contributed by atoms with van der Waals surface area (Å²) in [6.45, 7) is 12.3. The van der Waals surface area contributed by atoms with E-state index in [1.54, 1.807) is 0 Å². The summed E-state index contributed by atoms with van der Waals surface area (Å²) in [5.74, 6) is 0. The number of nitrogens with zero attached hydrogens (tertiary/aromatic N) is 3. The average molecular weight is 512 g/mol.